The summed E-state index contributed by atoms with van der Waals surface area (Å²) in [7, 11) is 0. The second-order valence-corrected chi connectivity index (χ2v) is 8.47. The number of rotatable bonds is 6. The lowest BCUT2D eigenvalue weighted by molar-refractivity contribution is 0.0526. The van der Waals surface area contributed by atoms with E-state index in [0.29, 0.717) is 12.2 Å². The van der Waals surface area contributed by atoms with Gasteiger partial charge in [0.1, 0.15) is 5.76 Å². The Hall–Kier alpha value is -4.26. The Morgan fingerprint density at radius 3 is 2.54 bits per heavy atom. The van der Waals surface area contributed by atoms with Gasteiger partial charge in [-0.25, -0.2) is 4.79 Å². The molecule has 0 radical (unpaired) electrons. The normalized spacial score (nSPS) is 12.1. The molecule has 0 saturated carbocycles. The van der Waals surface area contributed by atoms with Gasteiger partial charge in [-0.1, -0.05) is 23.4 Å². The molecule has 0 aliphatic heterocycles. The minimum atomic E-state index is -0.326. The lowest BCUT2D eigenvalue weighted by Crippen LogP contribution is -2.07. The van der Waals surface area contributed by atoms with E-state index in [9.17, 15) is 4.79 Å². The van der Waals surface area contributed by atoms with Gasteiger partial charge >= 0.3 is 5.97 Å². The molecule has 7 heteroatoms. The predicted octanol–water partition coefficient (Wildman–Crippen LogP) is 6.16. The van der Waals surface area contributed by atoms with Gasteiger partial charge in [0.05, 0.1) is 40.6 Å². The van der Waals surface area contributed by atoms with Crippen LogP contribution in [-0.4, -0.2) is 32.3 Å². The quantitative estimate of drug-likeness (QED) is 0.279. The molecule has 0 unspecified atom stereocenters. The largest absolute Gasteiger partial charge is 0.462 e. The van der Waals surface area contributed by atoms with Crippen molar-refractivity contribution in [2.75, 3.05) is 6.61 Å². The zero-order valence-corrected chi connectivity index (χ0v) is 20.1. The Morgan fingerprint density at radius 1 is 1.09 bits per heavy atom. The maximum absolute atomic E-state index is 12.1. The number of aryl methyl sites for hydroxylation is 2. The zero-order valence-electron chi connectivity index (χ0n) is 20.1. The van der Waals surface area contributed by atoms with Crippen molar-refractivity contribution in [3.8, 4) is 22.3 Å². The van der Waals surface area contributed by atoms with Crippen LogP contribution in [0, 0.1) is 13.8 Å². The Bertz CT molecular complexity index is 1480. The van der Waals surface area contributed by atoms with E-state index >= 15 is 0 Å². The molecule has 4 heterocycles. The molecule has 5 rings (SSSR count). The van der Waals surface area contributed by atoms with E-state index in [1.54, 1.807) is 25.3 Å². The first-order valence-corrected chi connectivity index (χ1v) is 11.6. The van der Waals surface area contributed by atoms with Gasteiger partial charge in [-0.2, -0.15) is 0 Å². The zero-order chi connectivity index (χ0) is 24.5. The third kappa shape index (κ3) is 4.10. The molecule has 1 aromatic carbocycles. The number of pyridine rings is 2. The van der Waals surface area contributed by atoms with E-state index in [2.05, 4.69) is 33.9 Å². The SMILES string of the molecule is CCOC(=O)c1ccc(-c2cn([C@@H](C)c3ccccn3)c3cc(-c4c(C)noc4C)cnc23)cc1. The number of nitrogens with zero attached hydrogens (tertiary/aromatic N) is 4. The summed E-state index contributed by atoms with van der Waals surface area (Å²) in [5, 5.41) is 4.11. The van der Waals surface area contributed by atoms with Gasteiger partial charge in [-0.15, -0.1) is 0 Å². The fourth-order valence-corrected chi connectivity index (χ4v) is 4.46. The number of esters is 1. The predicted molar refractivity (Wildman–Crippen MR) is 134 cm³/mol. The number of benzene rings is 1. The van der Waals surface area contributed by atoms with E-state index in [-0.39, 0.29) is 12.0 Å². The molecule has 0 spiro atoms. The highest BCUT2D eigenvalue weighted by Gasteiger charge is 2.20. The number of fused-ring (bicyclic) bond motifs is 1. The summed E-state index contributed by atoms with van der Waals surface area (Å²) < 4.78 is 12.7. The maximum Gasteiger partial charge on any atom is 0.338 e. The van der Waals surface area contributed by atoms with Crippen LogP contribution in [-0.2, 0) is 4.74 Å². The van der Waals surface area contributed by atoms with Crippen molar-refractivity contribution in [1.29, 1.82) is 0 Å². The molecular weight excluding hydrogens is 440 g/mol. The van der Waals surface area contributed by atoms with Crippen molar-refractivity contribution in [2.45, 2.75) is 33.7 Å². The first kappa shape index (κ1) is 22.5. The van der Waals surface area contributed by atoms with Crippen molar-refractivity contribution >= 4 is 17.0 Å². The Morgan fingerprint density at radius 2 is 1.89 bits per heavy atom. The molecular formula is C28H26N4O3. The molecule has 0 amide bonds. The smallest absolute Gasteiger partial charge is 0.338 e. The summed E-state index contributed by atoms with van der Waals surface area (Å²) >= 11 is 0. The van der Waals surface area contributed by atoms with Crippen LogP contribution in [0.1, 0.15) is 47.4 Å². The van der Waals surface area contributed by atoms with E-state index in [0.717, 1.165) is 50.4 Å². The monoisotopic (exact) mass is 466 g/mol. The summed E-state index contributed by atoms with van der Waals surface area (Å²) in [6.45, 7) is 8.11. The molecule has 4 aromatic heterocycles. The average molecular weight is 467 g/mol. The van der Waals surface area contributed by atoms with Crippen LogP contribution in [0.25, 0.3) is 33.3 Å². The molecule has 35 heavy (non-hydrogen) atoms. The number of carbonyl (C=O) groups excluding carboxylic acids is 1. The van der Waals surface area contributed by atoms with Gasteiger partial charge in [0.25, 0.3) is 0 Å². The minimum absolute atomic E-state index is 0.0204. The van der Waals surface area contributed by atoms with E-state index in [4.69, 9.17) is 14.2 Å². The molecule has 0 saturated heterocycles. The summed E-state index contributed by atoms with van der Waals surface area (Å²) in [5.74, 6) is 0.432. The van der Waals surface area contributed by atoms with Gasteiger partial charge in [-0.3, -0.25) is 9.97 Å². The molecule has 0 bridgehead atoms. The van der Waals surface area contributed by atoms with Crippen molar-refractivity contribution in [3.63, 3.8) is 0 Å². The molecule has 1 atom stereocenters. The van der Waals surface area contributed by atoms with E-state index in [1.165, 1.54) is 0 Å². The first-order chi connectivity index (χ1) is 17.0. The maximum atomic E-state index is 12.1. The topological polar surface area (TPSA) is 83.0 Å². The number of ether oxygens (including phenoxy) is 1. The molecule has 176 valence electrons. The van der Waals surface area contributed by atoms with Gasteiger partial charge in [0.2, 0.25) is 0 Å². The summed E-state index contributed by atoms with van der Waals surface area (Å²) in [6.07, 6.45) is 5.77. The van der Waals surface area contributed by atoms with Crippen LogP contribution < -0.4 is 0 Å². The fourth-order valence-electron chi connectivity index (χ4n) is 4.46. The van der Waals surface area contributed by atoms with Gasteiger partial charge in [0, 0.05) is 35.3 Å². The van der Waals surface area contributed by atoms with Crippen LogP contribution in [0.3, 0.4) is 0 Å². The summed E-state index contributed by atoms with van der Waals surface area (Å²) in [6, 6.07) is 15.5. The Kier molecular flexibility index (Phi) is 5.91. The van der Waals surface area contributed by atoms with Crippen LogP contribution in [0.5, 0.6) is 0 Å². The molecule has 0 N–H and O–H groups in total. The minimum Gasteiger partial charge on any atom is -0.462 e. The van der Waals surface area contributed by atoms with Crippen molar-refractivity contribution in [1.82, 2.24) is 19.7 Å². The van der Waals surface area contributed by atoms with Crippen molar-refractivity contribution < 1.29 is 14.1 Å². The second kappa shape index (κ2) is 9.18. The number of carbonyl (C=O) groups is 1. The molecule has 0 fully saturated rings. The van der Waals surface area contributed by atoms with E-state index in [1.807, 2.05) is 50.4 Å². The van der Waals surface area contributed by atoms with E-state index < -0.39 is 0 Å². The van der Waals surface area contributed by atoms with Crippen LogP contribution >= 0.6 is 0 Å². The van der Waals surface area contributed by atoms with Crippen LogP contribution in [0.4, 0.5) is 0 Å². The van der Waals surface area contributed by atoms with Crippen LogP contribution in [0.2, 0.25) is 0 Å². The molecule has 0 aliphatic carbocycles. The van der Waals surface area contributed by atoms with Gasteiger partial charge in [0.15, 0.2) is 0 Å². The summed E-state index contributed by atoms with van der Waals surface area (Å²) in [4.78, 5) is 21.6. The third-order valence-corrected chi connectivity index (χ3v) is 6.23. The number of aromatic nitrogens is 4. The second-order valence-electron chi connectivity index (χ2n) is 8.47. The highest BCUT2D eigenvalue weighted by Crippen LogP contribution is 2.36. The van der Waals surface area contributed by atoms with Crippen LogP contribution in [0.15, 0.2) is 71.6 Å². The molecule has 0 aliphatic rings. The standard InChI is InChI=1S/C28H26N4O3/c1-5-34-28(33)21-11-9-20(10-12-21)23-16-32(18(3)24-8-6-7-13-29-24)25-14-22(15-30-27(23)25)26-17(2)31-35-19(26)4/h6-16,18H,5H2,1-4H3/t18-/m0/s1. The van der Waals surface area contributed by atoms with Gasteiger partial charge < -0.3 is 13.8 Å². The molecule has 7 nitrogen and oxygen atoms in total. The average Bonchev–Trinajstić information content (AvgIpc) is 3.43. The summed E-state index contributed by atoms with van der Waals surface area (Å²) in [5.41, 5.74) is 8.00. The highest BCUT2D eigenvalue weighted by atomic mass is 16.5. The molecule has 5 aromatic rings. The highest BCUT2D eigenvalue weighted by molar-refractivity contribution is 5.96. The lowest BCUT2D eigenvalue weighted by Gasteiger charge is -2.15. The third-order valence-electron chi connectivity index (χ3n) is 6.23. The van der Waals surface area contributed by atoms with Crippen molar-refractivity contribution in [2.24, 2.45) is 0 Å². The number of hydrogen-bond acceptors (Lipinski definition) is 6. The fraction of sp³-hybridized carbons (Fsp3) is 0.214. The lowest BCUT2D eigenvalue weighted by atomic mass is 10.0. The van der Waals surface area contributed by atoms with Gasteiger partial charge in [-0.05, 0) is 63.6 Å². The Labute approximate surface area is 203 Å². The Balaban J connectivity index is 1.67. The van der Waals surface area contributed by atoms with Crippen molar-refractivity contribution in [3.05, 3.63) is 89.8 Å². The number of hydrogen-bond donors (Lipinski definition) is 0. The first-order valence-electron chi connectivity index (χ1n) is 11.6.